The number of halogens is 1. The lowest BCUT2D eigenvalue weighted by Crippen LogP contribution is -2.27. The molecule has 0 saturated heterocycles. The van der Waals surface area contributed by atoms with Gasteiger partial charge < -0.3 is 15.3 Å². The number of likely N-dealkylation sites (N-methyl/N-ethyl adjacent to an activating group) is 1. The van der Waals surface area contributed by atoms with Gasteiger partial charge in [-0.1, -0.05) is 30.3 Å². The van der Waals surface area contributed by atoms with Crippen molar-refractivity contribution < 1.29 is 9.50 Å². The van der Waals surface area contributed by atoms with Crippen molar-refractivity contribution in [1.82, 2.24) is 4.90 Å². The van der Waals surface area contributed by atoms with E-state index in [1.165, 1.54) is 12.1 Å². The molecule has 4 heteroatoms. The molecule has 1 heterocycles. The molecule has 22 heavy (non-hydrogen) atoms. The number of allylic oxidation sites excluding steroid dienone is 2. The summed E-state index contributed by atoms with van der Waals surface area (Å²) in [6.45, 7) is 0.663. The number of aromatic hydroxyl groups is 1. The summed E-state index contributed by atoms with van der Waals surface area (Å²) in [4.78, 5) is 2.06. The molecule has 1 aliphatic heterocycles. The molecular formula is C18H17FN2O. The summed E-state index contributed by atoms with van der Waals surface area (Å²) in [5.41, 5.74) is 2.80. The van der Waals surface area contributed by atoms with E-state index in [9.17, 15) is 9.50 Å². The SMILES string of the molecule is CN1CC(c2ccc(O)c(F)c2)=CC=C1Nc1ccccc1. The lowest BCUT2D eigenvalue weighted by molar-refractivity contribution is 0.432. The van der Waals surface area contributed by atoms with Gasteiger partial charge in [0.05, 0.1) is 0 Å². The molecule has 2 N–H and O–H groups in total. The molecule has 0 unspecified atom stereocenters. The molecule has 2 aromatic carbocycles. The van der Waals surface area contributed by atoms with Crippen LogP contribution < -0.4 is 5.32 Å². The molecule has 112 valence electrons. The number of rotatable bonds is 3. The van der Waals surface area contributed by atoms with Crippen LogP contribution in [-0.4, -0.2) is 23.6 Å². The lowest BCUT2D eigenvalue weighted by atomic mass is 10.0. The first-order chi connectivity index (χ1) is 10.6. The number of nitrogens with zero attached hydrogens (tertiary/aromatic N) is 1. The fraction of sp³-hybridized carbons (Fsp3) is 0.111. The second-order valence-corrected chi connectivity index (χ2v) is 5.26. The second kappa shape index (κ2) is 5.93. The normalized spacial score (nSPS) is 14.4. The van der Waals surface area contributed by atoms with Crippen LogP contribution in [0, 0.1) is 5.82 Å². The van der Waals surface area contributed by atoms with Crippen LogP contribution in [0.15, 0.2) is 66.5 Å². The van der Waals surface area contributed by atoms with E-state index >= 15 is 0 Å². The minimum atomic E-state index is -0.599. The molecule has 1 aliphatic rings. The quantitative estimate of drug-likeness (QED) is 0.904. The first-order valence-electron chi connectivity index (χ1n) is 7.06. The number of nitrogens with one attached hydrogen (secondary N) is 1. The van der Waals surface area contributed by atoms with E-state index in [0.29, 0.717) is 6.54 Å². The fourth-order valence-corrected chi connectivity index (χ4v) is 2.40. The van der Waals surface area contributed by atoms with E-state index in [2.05, 4.69) is 10.2 Å². The number of benzene rings is 2. The monoisotopic (exact) mass is 296 g/mol. The zero-order valence-electron chi connectivity index (χ0n) is 12.3. The minimum Gasteiger partial charge on any atom is -0.505 e. The molecule has 0 aromatic heterocycles. The molecule has 0 amide bonds. The Morgan fingerprint density at radius 3 is 2.55 bits per heavy atom. The predicted octanol–water partition coefficient (Wildman–Crippen LogP) is 3.81. The Hall–Kier alpha value is -2.75. The Balaban J connectivity index is 1.83. The lowest BCUT2D eigenvalue weighted by Gasteiger charge is -2.28. The van der Waals surface area contributed by atoms with Crippen LogP contribution in [0.2, 0.25) is 0 Å². The Labute approximate surface area is 129 Å². The Morgan fingerprint density at radius 1 is 1.09 bits per heavy atom. The number of anilines is 1. The van der Waals surface area contributed by atoms with Crippen molar-refractivity contribution in [2.24, 2.45) is 0 Å². The number of phenols is 1. The van der Waals surface area contributed by atoms with Crippen molar-refractivity contribution in [1.29, 1.82) is 0 Å². The summed E-state index contributed by atoms with van der Waals surface area (Å²) in [6.07, 6.45) is 3.94. The summed E-state index contributed by atoms with van der Waals surface area (Å²) >= 11 is 0. The highest BCUT2D eigenvalue weighted by Gasteiger charge is 2.14. The fourth-order valence-electron chi connectivity index (χ4n) is 2.40. The molecule has 0 spiro atoms. The van der Waals surface area contributed by atoms with Gasteiger partial charge in [-0.2, -0.15) is 0 Å². The van der Waals surface area contributed by atoms with Crippen molar-refractivity contribution >= 4 is 11.3 Å². The Bertz CT molecular complexity index is 738. The van der Waals surface area contributed by atoms with Crippen LogP contribution in [0.5, 0.6) is 5.75 Å². The molecule has 2 aromatic rings. The van der Waals surface area contributed by atoms with Crippen LogP contribution in [0.25, 0.3) is 5.57 Å². The minimum absolute atomic E-state index is 0.324. The molecule has 0 fully saturated rings. The average Bonchev–Trinajstić information content (AvgIpc) is 2.53. The van der Waals surface area contributed by atoms with Gasteiger partial charge >= 0.3 is 0 Å². The zero-order valence-corrected chi connectivity index (χ0v) is 12.3. The summed E-state index contributed by atoms with van der Waals surface area (Å²) in [6, 6.07) is 14.4. The van der Waals surface area contributed by atoms with Crippen molar-refractivity contribution in [2.45, 2.75) is 0 Å². The molecule has 0 radical (unpaired) electrons. The van der Waals surface area contributed by atoms with Crippen molar-refractivity contribution in [3.8, 4) is 5.75 Å². The van der Waals surface area contributed by atoms with Crippen LogP contribution in [0.3, 0.4) is 0 Å². The zero-order chi connectivity index (χ0) is 15.5. The van der Waals surface area contributed by atoms with Crippen LogP contribution in [-0.2, 0) is 0 Å². The van der Waals surface area contributed by atoms with Crippen molar-refractivity contribution in [2.75, 3.05) is 18.9 Å². The molecule has 0 bridgehead atoms. The van der Waals surface area contributed by atoms with E-state index in [0.717, 1.165) is 22.6 Å². The number of phenolic OH excluding ortho intramolecular Hbond substituents is 1. The van der Waals surface area contributed by atoms with Crippen molar-refractivity contribution in [3.05, 3.63) is 77.9 Å². The molecular weight excluding hydrogens is 279 g/mol. The molecule has 0 atom stereocenters. The van der Waals surface area contributed by atoms with Crippen LogP contribution in [0.1, 0.15) is 5.56 Å². The maximum absolute atomic E-state index is 13.5. The van der Waals surface area contributed by atoms with Crippen LogP contribution in [0.4, 0.5) is 10.1 Å². The van der Waals surface area contributed by atoms with Gasteiger partial charge in [0.2, 0.25) is 0 Å². The molecule has 3 rings (SSSR count). The van der Waals surface area contributed by atoms with E-state index < -0.39 is 5.82 Å². The maximum atomic E-state index is 13.5. The first-order valence-corrected chi connectivity index (χ1v) is 7.06. The van der Waals surface area contributed by atoms with Crippen molar-refractivity contribution in [3.63, 3.8) is 0 Å². The summed E-state index contributed by atoms with van der Waals surface area (Å²) in [5.74, 6) is 0.0583. The largest absolute Gasteiger partial charge is 0.505 e. The van der Waals surface area contributed by atoms with Gasteiger partial charge in [0.25, 0.3) is 0 Å². The van der Waals surface area contributed by atoms with E-state index in [4.69, 9.17) is 0 Å². The Morgan fingerprint density at radius 2 is 1.86 bits per heavy atom. The standard InChI is InChI=1S/C18H17FN2O/c1-21-12-14(13-7-9-17(22)16(19)11-13)8-10-18(21)20-15-5-3-2-4-6-15/h2-11,20,22H,12H2,1H3. The summed E-state index contributed by atoms with van der Waals surface area (Å²) in [5, 5.41) is 12.6. The number of para-hydroxylation sites is 1. The van der Waals surface area contributed by atoms with Gasteiger partial charge in [-0.25, -0.2) is 4.39 Å². The third-order valence-electron chi connectivity index (χ3n) is 3.63. The summed E-state index contributed by atoms with van der Waals surface area (Å²) < 4.78 is 13.5. The van der Waals surface area contributed by atoms with Gasteiger partial charge in [-0.3, -0.25) is 0 Å². The molecule has 0 aliphatic carbocycles. The highest BCUT2D eigenvalue weighted by Crippen LogP contribution is 2.26. The van der Waals surface area contributed by atoms with E-state index in [-0.39, 0.29) is 5.75 Å². The number of hydrogen-bond donors (Lipinski definition) is 2. The Kier molecular flexibility index (Phi) is 3.83. The topological polar surface area (TPSA) is 35.5 Å². The highest BCUT2D eigenvalue weighted by atomic mass is 19.1. The molecule has 3 nitrogen and oxygen atoms in total. The van der Waals surface area contributed by atoms with Gasteiger partial charge in [-0.15, -0.1) is 0 Å². The smallest absolute Gasteiger partial charge is 0.165 e. The summed E-state index contributed by atoms with van der Waals surface area (Å²) in [7, 11) is 1.98. The van der Waals surface area contributed by atoms with E-state index in [1.54, 1.807) is 6.07 Å². The van der Waals surface area contributed by atoms with Gasteiger partial charge in [0.15, 0.2) is 11.6 Å². The van der Waals surface area contributed by atoms with Gasteiger partial charge in [-0.05, 0) is 41.5 Å². The second-order valence-electron chi connectivity index (χ2n) is 5.26. The first kappa shape index (κ1) is 14.2. The third kappa shape index (κ3) is 2.96. The van der Waals surface area contributed by atoms with Crippen LogP contribution >= 0.6 is 0 Å². The average molecular weight is 296 g/mol. The van der Waals surface area contributed by atoms with Gasteiger partial charge in [0.1, 0.15) is 5.82 Å². The third-order valence-corrected chi connectivity index (χ3v) is 3.63. The van der Waals surface area contributed by atoms with E-state index in [1.807, 2.05) is 49.5 Å². The molecule has 0 saturated carbocycles. The predicted molar refractivity (Wildman–Crippen MR) is 86.8 cm³/mol. The highest BCUT2D eigenvalue weighted by molar-refractivity contribution is 5.71. The maximum Gasteiger partial charge on any atom is 0.165 e. The van der Waals surface area contributed by atoms with Gasteiger partial charge in [0, 0.05) is 19.3 Å². The number of hydrogen-bond acceptors (Lipinski definition) is 3.